The van der Waals surface area contributed by atoms with E-state index in [2.05, 4.69) is 13.8 Å². The lowest BCUT2D eigenvalue weighted by molar-refractivity contribution is 0.238. The molecule has 15 heavy (non-hydrogen) atoms. The molecule has 0 aliphatic rings. The maximum Gasteiger partial charge on any atom is 0.147 e. The smallest absolute Gasteiger partial charge is 0.147 e. The first kappa shape index (κ1) is 15.5. The van der Waals surface area contributed by atoms with Crippen molar-refractivity contribution in [1.29, 1.82) is 0 Å². The van der Waals surface area contributed by atoms with E-state index >= 15 is 0 Å². The summed E-state index contributed by atoms with van der Waals surface area (Å²) in [6, 6.07) is 0. The van der Waals surface area contributed by atoms with Gasteiger partial charge in [-0.3, -0.25) is 0 Å². The van der Waals surface area contributed by atoms with Crippen LogP contribution in [0, 0.1) is 11.3 Å². The summed E-state index contributed by atoms with van der Waals surface area (Å²) in [5, 5.41) is 0. The summed E-state index contributed by atoms with van der Waals surface area (Å²) in [7, 11) is -2.87. The molecule has 0 aliphatic carbocycles. The topological polar surface area (TPSA) is 34.1 Å². The highest BCUT2D eigenvalue weighted by Gasteiger charge is 2.31. The number of halogens is 2. The maximum absolute atomic E-state index is 11.0. The Morgan fingerprint density at radius 1 is 1.20 bits per heavy atom. The Morgan fingerprint density at radius 2 is 1.67 bits per heavy atom. The maximum atomic E-state index is 11.0. The molecule has 5 heteroatoms. The second kappa shape index (κ2) is 6.31. The van der Waals surface area contributed by atoms with E-state index in [9.17, 15) is 8.42 Å². The average molecular weight is 275 g/mol. The molecule has 0 N–H and O–H groups in total. The zero-order valence-corrected chi connectivity index (χ0v) is 11.9. The lowest BCUT2D eigenvalue weighted by atomic mass is 9.77. The van der Waals surface area contributed by atoms with Crippen LogP contribution in [-0.4, -0.2) is 32.2 Å². The summed E-state index contributed by atoms with van der Waals surface area (Å²) in [6.45, 7) is 4.15. The van der Waals surface area contributed by atoms with Gasteiger partial charge >= 0.3 is 0 Å². The predicted molar refractivity (Wildman–Crippen MR) is 67.7 cm³/mol. The highest BCUT2D eigenvalue weighted by atomic mass is 35.5. The molecule has 0 unspecified atom stereocenters. The largest absolute Gasteiger partial charge is 0.229 e. The summed E-state index contributed by atoms with van der Waals surface area (Å²) in [5.74, 6) is 1.55. The zero-order valence-electron chi connectivity index (χ0n) is 9.59. The third-order valence-electron chi connectivity index (χ3n) is 2.95. The van der Waals surface area contributed by atoms with E-state index in [1.165, 1.54) is 6.26 Å². The van der Waals surface area contributed by atoms with Crippen LogP contribution in [0.25, 0.3) is 0 Å². The SMILES string of the molecule is CC(C)C(CCl)(CCl)CCCS(C)(=O)=O. The average Bonchev–Trinajstić information content (AvgIpc) is 2.10. The fourth-order valence-electron chi connectivity index (χ4n) is 1.45. The fourth-order valence-corrected chi connectivity index (χ4v) is 3.29. The van der Waals surface area contributed by atoms with Crippen molar-refractivity contribution in [1.82, 2.24) is 0 Å². The Bertz CT molecular complexity index is 269. The first-order chi connectivity index (χ1) is 6.77. The van der Waals surface area contributed by atoms with Crippen molar-refractivity contribution in [3.05, 3.63) is 0 Å². The van der Waals surface area contributed by atoms with Crippen molar-refractivity contribution in [3.63, 3.8) is 0 Å². The normalized spacial score (nSPS) is 13.5. The van der Waals surface area contributed by atoms with Gasteiger partial charge < -0.3 is 0 Å². The Morgan fingerprint density at radius 3 is 1.93 bits per heavy atom. The van der Waals surface area contributed by atoms with Gasteiger partial charge in [-0.1, -0.05) is 13.8 Å². The van der Waals surface area contributed by atoms with Gasteiger partial charge in [-0.05, 0) is 24.2 Å². The Kier molecular flexibility index (Phi) is 6.53. The molecule has 0 aliphatic heterocycles. The summed E-state index contributed by atoms with van der Waals surface area (Å²) in [4.78, 5) is 0. The van der Waals surface area contributed by atoms with Gasteiger partial charge in [0.05, 0.1) is 0 Å². The minimum Gasteiger partial charge on any atom is -0.229 e. The van der Waals surface area contributed by atoms with Crippen LogP contribution >= 0.6 is 23.2 Å². The van der Waals surface area contributed by atoms with Gasteiger partial charge in [-0.2, -0.15) is 0 Å². The lowest BCUT2D eigenvalue weighted by Crippen LogP contribution is -2.32. The lowest BCUT2D eigenvalue weighted by Gasteiger charge is -2.33. The minimum atomic E-state index is -2.87. The van der Waals surface area contributed by atoms with Crippen molar-refractivity contribution in [2.24, 2.45) is 11.3 Å². The number of alkyl halides is 2. The first-order valence-electron chi connectivity index (χ1n) is 5.07. The number of hydrogen-bond donors (Lipinski definition) is 0. The Hall–Kier alpha value is 0.530. The molecular formula is C10H20Cl2O2S. The summed E-state index contributed by atoms with van der Waals surface area (Å²) in [5.41, 5.74) is -0.131. The van der Waals surface area contributed by atoms with Crippen LogP contribution in [0.4, 0.5) is 0 Å². The first-order valence-corrected chi connectivity index (χ1v) is 8.20. The monoisotopic (exact) mass is 274 g/mol. The number of rotatable bonds is 7. The van der Waals surface area contributed by atoms with E-state index < -0.39 is 9.84 Å². The molecule has 2 nitrogen and oxygen atoms in total. The summed E-state index contributed by atoms with van der Waals surface area (Å²) in [6.07, 6.45) is 2.66. The molecule has 0 amide bonds. The Labute approximate surface area is 103 Å². The fraction of sp³-hybridized carbons (Fsp3) is 1.00. The molecule has 0 aromatic heterocycles. The van der Waals surface area contributed by atoms with E-state index in [0.717, 1.165) is 6.42 Å². The van der Waals surface area contributed by atoms with Crippen molar-refractivity contribution >= 4 is 33.0 Å². The van der Waals surface area contributed by atoms with Gasteiger partial charge in [0, 0.05) is 23.8 Å². The molecule has 0 aromatic rings. The van der Waals surface area contributed by atoms with Gasteiger partial charge in [0.2, 0.25) is 0 Å². The molecule has 92 valence electrons. The third kappa shape index (κ3) is 5.41. The van der Waals surface area contributed by atoms with E-state index in [-0.39, 0.29) is 11.2 Å². The third-order valence-corrected chi connectivity index (χ3v) is 5.04. The van der Waals surface area contributed by atoms with Crippen LogP contribution in [0.3, 0.4) is 0 Å². The molecule has 0 radical (unpaired) electrons. The molecule has 0 bridgehead atoms. The van der Waals surface area contributed by atoms with Crippen molar-refractivity contribution < 1.29 is 8.42 Å². The number of sulfone groups is 1. The minimum absolute atomic E-state index is 0.131. The van der Waals surface area contributed by atoms with E-state index in [1.54, 1.807) is 0 Å². The van der Waals surface area contributed by atoms with E-state index in [4.69, 9.17) is 23.2 Å². The van der Waals surface area contributed by atoms with Gasteiger partial charge in [-0.25, -0.2) is 8.42 Å². The van der Waals surface area contributed by atoms with E-state index in [0.29, 0.717) is 24.1 Å². The second-order valence-corrected chi connectivity index (χ2v) is 7.31. The van der Waals surface area contributed by atoms with Crippen LogP contribution in [-0.2, 0) is 9.84 Å². The molecular weight excluding hydrogens is 255 g/mol. The predicted octanol–water partition coefficient (Wildman–Crippen LogP) is 2.93. The van der Waals surface area contributed by atoms with Crippen LogP contribution < -0.4 is 0 Å². The standard InChI is InChI=1S/C10H20Cl2O2S/c1-9(2)10(7-11,8-12)5-4-6-15(3,13)14/h9H,4-8H2,1-3H3. The van der Waals surface area contributed by atoms with E-state index in [1.807, 2.05) is 0 Å². The molecule has 0 fully saturated rings. The van der Waals surface area contributed by atoms with Crippen LogP contribution in [0.2, 0.25) is 0 Å². The van der Waals surface area contributed by atoms with Crippen molar-refractivity contribution in [2.75, 3.05) is 23.8 Å². The molecule has 0 rings (SSSR count). The molecule has 0 heterocycles. The highest BCUT2D eigenvalue weighted by molar-refractivity contribution is 7.90. The molecule has 0 saturated carbocycles. The van der Waals surface area contributed by atoms with Gasteiger partial charge in [0.15, 0.2) is 0 Å². The van der Waals surface area contributed by atoms with Crippen LogP contribution in [0.1, 0.15) is 26.7 Å². The van der Waals surface area contributed by atoms with Gasteiger partial charge in [0.1, 0.15) is 9.84 Å². The quantitative estimate of drug-likeness (QED) is 0.669. The van der Waals surface area contributed by atoms with Crippen molar-refractivity contribution in [3.8, 4) is 0 Å². The summed E-state index contributed by atoms with van der Waals surface area (Å²) < 4.78 is 22.0. The summed E-state index contributed by atoms with van der Waals surface area (Å²) >= 11 is 11.9. The van der Waals surface area contributed by atoms with Crippen LogP contribution in [0.15, 0.2) is 0 Å². The second-order valence-electron chi connectivity index (χ2n) is 4.52. The van der Waals surface area contributed by atoms with Crippen LogP contribution in [0.5, 0.6) is 0 Å². The van der Waals surface area contributed by atoms with Gasteiger partial charge in [0.25, 0.3) is 0 Å². The molecule has 0 aromatic carbocycles. The van der Waals surface area contributed by atoms with Gasteiger partial charge in [-0.15, -0.1) is 23.2 Å². The molecule has 0 spiro atoms. The number of hydrogen-bond acceptors (Lipinski definition) is 2. The zero-order chi connectivity index (χ0) is 12.1. The Balaban J connectivity index is 4.31. The molecule has 0 atom stereocenters. The molecule has 0 saturated heterocycles. The highest BCUT2D eigenvalue weighted by Crippen LogP contribution is 2.35. The van der Waals surface area contributed by atoms with Crippen molar-refractivity contribution in [2.45, 2.75) is 26.7 Å².